The van der Waals surface area contributed by atoms with Gasteiger partial charge in [0.2, 0.25) is 10.3 Å². The Morgan fingerprint density at radius 3 is 2.23 bits per heavy atom. The van der Waals surface area contributed by atoms with E-state index in [1.165, 1.54) is 48.2 Å². The van der Waals surface area contributed by atoms with E-state index in [0.29, 0.717) is 27.3 Å². The summed E-state index contributed by atoms with van der Waals surface area (Å²) in [4.78, 5) is 33.0. The van der Waals surface area contributed by atoms with E-state index in [1.807, 2.05) is 0 Å². The third-order valence-corrected chi connectivity index (χ3v) is 6.14. The van der Waals surface area contributed by atoms with E-state index in [0.717, 1.165) is 17.3 Å². The summed E-state index contributed by atoms with van der Waals surface area (Å²) in [5.41, 5.74) is 1.73. The number of non-ortho nitro benzene ring substituents is 2. The van der Waals surface area contributed by atoms with Crippen LogP contribution in [0.3, 0.4) is 0 Å². The average molecular weight is 456 g/mol. The van der Waals surface area contributed by atoms with Gasteiger partial charge >= 0.3 is 0 Å². The van der Waals surface area contributed by atoms with E-state index in [1.54, 1.807) is 16.8 Å². The highest BCUT2D eigenvalue weighted by Gasteiger charge is 2.21. The molecule has 0 fully saturated rings. The van der Waals surface area contributed by atoms with Crippen LogP contribution in [0, 0.1) is 20.2 Å². The highest BCUT2D eigenvalue weighted by atomic mass is 32.2. The molecule has 0 amide bonds. The van der Waals surface area contributed by atoms with Crippen molar-refractivity contribution in [3.8, 4) is 0 Å². The fourth-order valence-electron chi connectivity index (χ4n) is 2.70. The van der Waals surface area contributed by atoms with Gasteiger partial charge in [-0.1, -0.05) is 23.5 Å². The Morgan fingerprint density at radius 2 is 1.61 bits per heavy atom. The Bertz CT molecular complexity index is 1210. The largest absolute Gasteiger partial charge is 0.293 e. The van der Waals surface area contributed by atoms with Crippen molar-refractivity contribution >= 4 is 46.4 Å². The second-order valence-electron chi connectivity index (χ2n) is 6.23. The Labute approximate surface area is 182 Å². The van der Waals surface area contributed by atoms with Gasteiger partial charge < -0.3 is 0 Å². The number of hydrogen-bond acceptors (Lipinski definition) is 10. The van der Waals surface area contributed by atoms with Gasteiger partial charge in [0, 0.05) is 35.6 Å². The minimum atomic E-state index is -0.524. The van der Waals surface area contributed by atoms with Gasteiger partial charge in [-0.05, 0) is 29.8 Å². The molecule has 11 nitrogen and oxygen atoms in total. The van der Waals surface area contributed by atoms with Crippen LogP contribution in [0.1, 0.15) is 15.9 Å². The number of thioether (sulfide) groups is 2. The van der Waals surface area contributed by atoms with Gasteiger partial charge in [-0.2, -0.15) is 9.78 Å². The van der Waals surface area contributed by atoms with Crippen LogP contribution in [0.2, 0.25) is 0 Å². The maximum absolute atomic E-state index is 12.4. The van der Waals surface area contributed by atoms with Gasteiger partial charge in [0.1, 0.15) is 0 Å². The molecule has 0 N–H and O–H groups in total. The van der Waals surface area contributed by atoms with E-state index in [4.69, 9.17) is 0 Å². The van der Waals surface area contributed by atoms with Crippen LogP contribution < -0.4 is 0 Å². The molecule has 1 aliphatic rings. The van der Waals surface area contributed by atoms with Crippen molar-refractivity contribution in [2.45, 2.75) is 10.3 Å². The normalized spacial score (nSPS) is 12.7. The molecule has 156 valence electrons. The molecular formula is C18H12N6O5S2. The van der Waals surface area contributed by atoms with Gasteiger partial charge in [0.25, 0.3) is 11.4 Å². The number of fused-ring (bicyclic) bond motifs is 1. The molecule has 0 saturated heterocycles. The van der Waals surface area contributed by atoms with Crippen molar-refractivity contribution < 1.29 is 14.6 Å². The maximum atomic E-state index is 12.4. The highest BCUT2D eigenvalue weighted by molar-refractivity contribution is 8.00. The summed E-state index contributed by atoms with van der Waals surface area (Å²) in [6.45, 7) is 0. The number of carbonyl (C=O) groups excluding carboxylic acids is 1. The number of nitrogens with zero attached hydrogens (tertiary/aromatic N) is 6. The molecule has 0 unspecified atom stereocenters. The minimum absolute atomic E-state index is 0.00111. The lowest BCUT2D eigenvalue weighted by Gasteiger charge is -2.13. The van der Waals surface area contributed by atoms with Crippen LogP contribution in [0.25, 0.3) is 0 Å². The molecule has 0 saturated carbocycles. The number of nitro benzene ring substituents is 2. The standard InChI is InChI=1S/C18H12N6O5S2/c25-16(12-3-7-14(8-4-12)24(28)29)10-31-18-20-19-17-22(18)21-15(9-30-17)11-1-5-13(6-2-11)23(26)27/h1-8H,9-10H2. The molecule has 3 aromatic rings. The molecule has 2 heterocycles. The van der Waals surface area contributed by atoms with Crippen molar-refractivity contribution in [2.24, 2.45) is 5.10 Å². The first-order valence-corrected chi connectivity index (χ1v) is 10.7. The summed E-state index contributed by atoms with van der Waals surface area (Å²) in [6.07, 6.45) is 0. The first-order chi connectivity index (χ1) is 14.9. The minimum Gasteiger partial charge on any atom is -0.293 e. The average Bonchev–Trinajstić information content (AvgIpc) is 3.19. The van der Waals surface area contributed by atoms with Crippen molar-refractivity contribution in [3.05, 3.63) is 79.9 Å². The third kappa shape index (κ3) is 4.46. The molecular weight excluding hydrogens is 444 g/mol. The van der Waals surface area contributed by atoms with E-state index in [2.05, 4.69) is 15.3 Å². The summed E-state index contributed by atoms with van der Waals surface area (Å²) in [5, 5.41) is 35.3. The Morgan fingerprint density at radius 1 is 1.00 bits per heavy atom. The van der Waals surface area contributed by atoms with Crippen LogP contribution in [0.4, 0.5) is 11.4 Å². The molecule has 0 bridgehead atoms. The fraction of sp³-hybridized carbons (Fsp3) is 0.111. The van der Waals surface area contributed by atoms with Crippen molar-refractivity contribution in [1.29, 1.82) is 0 Å². The Hall–Kier alpha value is -3.58. The van der Waals surface area contributed by atoms with E-state index >= 15 is 0 Å². The lowest BCUT2D eigenvalue weighted by atomic mass is 10.1. The third-order valence-electron chi connectivity index (χ3n) is 4.29. The number of rotatable bonds is 7. The molecule has 1 aliphatic heterocycles. The van der Waals surface area contributed by atoms with Crippen LogP contribution in [-0.4, -0.2) is 47.7 Å². The lowest BCUT2D eigenvalue weighted by Crippen LogP contribution is -2.14. The number of benzene rings is 2. The van der Waals surface area contributed by atoms with Crippen LogP contribution in [0.15, 0.2) is 63.9 Å². The summed E-state index contributed by atoms with van der Waals surface area (Å²) < 4.78 is 1.54. The molecule has 0 aliphatic carbocycles. The Balaban J connectivity index is 1.49. The smallest absolute Gasteiger partial charge is 0.269 e. The number of ketones is 1. The van der Waals surface area contributed by atoms with E-state index in [-0.39, 0.29) is 22.9 Å². The van der Waals surface area contributed by atoms with Crippen molar-refractivity contribution in [3.63, 3.8) is 0 Å². The predicted octanol–water partition coefficient (Wildman–Crippen LogP) is 3.43. The maximum Gasteiger partial charge on any atom is 0.269 e. The second-order valence-corrected chi connectivity index (χ2v) is 8.12. The number of hydrogen-bond donors (Lipinski definition) is 0. The van der Waals surface area contributed by atoms with Gasteiger partial charge in [0.05, 0.1) is 21.3 Å². The molecule has 1 aromatic heterocycles. The van der Waals surface area contributed by atoms with E-state index < -0.39 is 9.85 Å². The fourth-order valence-corrected chi connectivity index (χ4v) is 4.37. The first kappa shape index (κ1) is 20.7. The zero-order chi connectivity index (χ0) is 22.0. The number of aromatic nitrogens is 3. The molecule has 31 heavy (non-hydrogen) atoms. The lowest BCUT2D eigenvalue weighted by molar-refractivity contribution is -0.385. The van der Waals surface area contributed by atoms with Gasteiger partial charge in [-0.3, -0.25) is 25.0 Å². The van der Waals surface area contributed by atoms with E-state index in [9.17, 15) is 25.0 Å². The quantitative estimate of drug-likeness (QED) is 0.226. The van der Waals surface area contributed by atoms with Gasteiger partial charge in [0.15, 0.2) is 5.78 Å². The van der Waals surface area contributed by atoms with Gasteiger partial charge in [-0.25, -0.2) is 0 Å². The summed E-state index contributed by atoms with van der Waals surface area (Å²) in [5.74, 6) is 0.381. The number of carbonyl (C=O) groups is 1. The van der Waals surface area contributed by atoms with Crippen molar-refractivity contribution in [2.75, 3.05) is 11.5 Å². The summed E-state index contributed by atoms with van der Waals surface area (Å²) in [6, 6.07) is 11.5. The molecule has 0 spiro atoms. The second kappa shape index (κ2) is 8.65. The van der Waals surface area contributed by atoms with Gasteiger partial charge in [-0.15, -0.1) is 10.2 Å². The zero-order valence-corrected chi connectivity index (χ0v) is 17.2. The van der Waals surface area contributed by atoms with Crippen LogP contribution >= 0.6 is 23.5 Å². The molecule has 13 heteroatoms. The topological polar surface area (TPSA) is 146 Å². The van der Waals surface area contributed by atoms with Crippen LogP contribution in [-0.2, 0) is 0 Å². The molecule has 4 rings (SSSR count). The highest BCUT2D eigenvalue weighted by Crippen LogP contribution is 2.29. The monoisotopic (exact) mass is 456 g/mol. The van der Waals surface area contributed by atoms with Crippen LogP contribution in [0.5, 0.6) is 0 Å². The summed E-state index contributed by atoms with van der Waals surface area (Å²) >= 11 is 2.58. The zero-order valence-electron chi connectivity index (χ0n) is 15.6. The predicted molar refractivity (Wildman–Crippen MR) is 114 cm³/mol. The Kier molecular flexibility index (Phi) is 5.77. The number of nitro groups is 2. The summed E-state index contributed by atoms with van der Waals surface area (Å²) in [7, 11) is 0. The first-order valence-electron chi connectivity index (χ1n) is 8.74. The van der Waals surface area contributed by atoms with Crippen molar-refractivity contribution in [1.82, 2.24) is 14.9 Å². The SMILES string of the molecule is O=C(CSc1nnc2n1N=C(c1ccc([N+](=O)[O-])cc1)CS2)c1ccc([N+](=O)[O-])cc1. The molecule has 2 aromatic carbocycles. The number of Topliss-reactive ketones (excluding diaryl/α,β-unsaturated/α-hetero) is 1. The molecule has 0 radical (unpaired) electrons. The molecule has 0 atom stereocenters.